The Morgan fingerprint density at radius 2 is 2.17 bits per heavy atom. The Hall–Kier alpha value is -0.970. The molecule has 0 saturated carbocycles. The Morgan fingerprint density at radius 1 is 1.67 bits per heavy atom. The second-order valence-corrected chi connectivity index (χ2v) is 3.90. The van der Waals surface area contributed by atoms with E-state index in [1.165, 1.54) is 0 Å². The van der Waals surface area contributed by atoms with Gasteiger partial charge in [0.15, 0.2) is 0 Å². The van der Waals surface area contributed by atoms with E-state index >= 15 is 0 Å². The van der Waals surface area contributed by atoms with Crippen molar-refractivity contribution in [2.24, 2.45) is 17.1 Å². The molecule has 0 aromatic rings. The highest BCUT2D eigenvalue weighted by Gasteiger charge is 2.30. The van der Waals surface area contributed by atoms with E-state index in [4.69, 9.17) is 12.2 Å². The first-order chi connectivity index (χ1) is 5.42. The maximum absolute atomic E-state index is 11.1. The van der Waals surface area contributed by atoms with Gasteiger partial charge in [-0.15, -0.1) is 12.3 Å². The number of amides is 1. The molecule has 0 heterocycles. The average Bonchev–Trinajstić information content (AvgIpc) is 1.85. The monoisotopic (exact) mass is 167 g/mol. The lowest BCUT2D eigenvalue weighted by Gasteiger charge is -2.25. The first-order valence-electron chi connectivity index (χ1n) is 4.16. The molecule has 0 rings (SSSR count). The summed E-state index contributed by atoms with van der Waals surface area (Å²) in [5, 5.41) is 0. The van der Waals surface area contributed by atoms with Crippen LogP contribution in [0.5, 0.6) is 0 Å². The van der Waals surface area contributed by atoms with Gasteiger partial charge in [0.1, 0.15) is 0 Å². The maximum Gasteiger partial charge on any atom is 0.224 e. The molecule has 0 radical (unpaired) electrons. The summed E-state index contributed by atoms with van der Waals surface area (Å²) < 4.78 is 0. The first kappa shape index (κ1) is 11.0. The minimum Gasteiger partial charge on any atom is -0.369 e. The van der Waals surface area contributed by atoms with Crippen molar-refractivity contribution in [3.63, 3.8) is 0 Å². The zero-order valence-electron chi connectivity index (χ0n) is 8.05. The fourth-order valence-electron chi connectivity index (χ4n) is 1.39. The van der Waals surface area contributed by atoms with E-state index in [1.807, 2.05) is 6.92 Å². The van der Waals surface area contributed by atoms with Gasteiger partial charge in [-0.3, -0.25) is 4.79 Å². The second kappa shape index (κ2) is 4.15. The van der Waals surface area contributed by atoms with Gasteiger partial charge in [-0.25, -0.2) is 0 Å². The normalized spacial score (nSPS) is 15.2. The van der Waals surface area contributed by atoms with Crippen LogP contribution in [0.1, 0.15) is 33.6 Å². The highest BCUT2D eigenvalue weighted by Crippen LogP contribution is 2.28. The Kier molecular flexibility index (Phi) is 3.82. The minimum absolute atomic E-state index is 0.297. The number of primary amides is 1. The van der Waals surface area contributed by atoms with Crippen molar-refractivity contribution in [3.05, 3.63) is 0 Å². The van der Waals surface area contributed by atoms with Gasteiger partial charge in [-0.1, -0.05) is 13.8 Å². The van der Waals surface area contributed by atoms with Crippen LogP contribution in [0.15, 0.2) is 0 Å². The van der Waals surface area contributed by atoms with Crippen LogP contribution in [-0.4, -0.2) is 5.91 Å². The molecule has 12 heavy (non-hydrogen) atoms. The van der Waals surface area contributed by atoms with Crippen molar-refractivity contribution in [2.75, 3.05) is 0 Å². The summed E-state index contributed by atoms with van der Waals surface area (Å²) in [6.45, 7) is 5.94. The number of hydrogen-bond donors (Lipinski definition) is 1. The first-order valence-corrected chi connectivity index (χ1v) is 4.16. The van der Waals surface area contributed by atoms with Gasteiger partial charge in [0.05, 0.1) is 5.41 Å². The van der Waals surface area contributed by atoms with Crippen LogP contribution in [0.3, 0.4) is 0 Å². The quantitative estimate of drug-likeness (QED) is 0.634. The van der Waals surface area contributed by atoms with Gasteiger partial charge in [0.25, 0.3) is 0 Å². The third kappa shape index (κ3) is 2.96. The number of nitrogens with two attached hydrogens (primary N) is 1. The summed E-state index contributed by atoms with van der Waals surface area (Å²) in [5.74, 6) is 2.64. The molecule has 0 saturated heterocycles. The number of terminal acetylenes is 1. The molecular weight excluding hydrogens is 150 g/mol. The third-order valence-electron chi connectivity index (χ3n) is 1.95. The molecule has 0 aliphatic carbocycles. The van der Waals surface area contributed by atoms with Crippen LogP contribution in [0.4, 0.5) is 0 Å². The zero-order chi connectivity index (χ0) is 9.78. The highest BCUT2D eigenvalue weighted by atomic mass is 16.1. The number of rotatable bonds is 4. The lowest BCUT2D eigenvalue weighted by atomic mass is 9.79. The Labute approximate surface area is 74.5 Å². The Balaban J connectivity index is 4.41. The molecular formula is C10H17NO. The molecule has 0 aliphatic heterocycles. The van der Waals surface area contributed by atoms with Gasteiger partial charge in [0.2, 0.25) is 5.91 Å². The molecule has 2 heteroatoms. The molecule has 1 amide bonds. The largest absolute Gasteiger partial charge is 0.369 e. The van der Waals surface area contributed by atoms with E-state index in [0.717, 1.165) is 6.42 Å². The van der Waals surface area contributed by atoms with E-state index in [0.29, 0.717) is 12.3 Å². The number of hydrogen-bond acceptors (Lipinski definition) is 1. The summed E-state index contributed by atoms with van der Waals surface area (Å²) in [6.07, 6.45) is 6.36. The topological polar surface area (TPSA) is 43.1 Å². The van der Waals surface area contributed by atoms with Crippen molar-refractivity contribution >= 4 is 5.91 Å². The summed E-state index contributed by atoms with van der Waals surface area (Å²) in [7, 11) is 0. The molecule has 0 aromatic carbocycles. The Morgan fingerprint density at radius 3 is 2.42 bits per heavy atom. The highest BCUT2D eigenvalue weighted by molar-refractivity contribution is 5.80. The van der Waals surface area contributed by atoms with Crippen LogP contribution in [0, 0.1) is 23.7 Å². The molecule has 68 valence electrons. The molecule has 1 atom stereocenters. The Bertz CT molecular complexity index is 202. The lowest BCUT2D eigenvalue weighted by Crippen LogP contribution is -2.35. The van der Waals surface area contributed by atoms with E-state index in [1.54, 1.807) is 0 Å². The molecule has 0 aliphatic rings. The van der Waals surface area contributed by atoms with Crippen molar-refractivity contribution < 1.29 is 4.79 Å². The van der Waals surface area contributed by atoms with E-state index in [-0.39, 0.29) is 5.91 Å². The summed E-state index contributed by atoms with van der Waals surface area (Å²) in [4.78, 5) is 11.1. The molecule has 0 bridgehead atoms. The van der Waals surface area contributed by atoms with E-state index in [2.05, 4.69) is 19.8 Å². The summed E-state index contributed by atoms with van der Waals surface area (Å²) >= 11 is 0. The lowest BCUT2D eigenvalue weighted by molar-refractivity contribution is -0.127. The van der Waals surface area contributed by atoms with Crippen molar-refractivity contribution in [3.8, 4) is 12.3 Å². The van der Waals surface area contributed by atoms with Gasteiger partial charge in [-0.05, 0) is 19.3 Å². The van der Waals surface area contributed by atoms with Crippen LogP contribution < -0.4 is 5.73 Å². The van der Waals surface area contributed by atoms with Crippen LogP contribution >= 0.6 is 0 Å². The predicted octanol–water partition coefficient (Wildman–Crippen LogP) is 1.55. The molecule has 1 unspecified atom stereocenters. The fraction of sp³-hybridized carbons (Fsp3) is 0.700. The van der Waals surface area contributed by atoms with Crippen molar-refractivity contribution in [1.29, 1.82) is 0 Å². The molecule has 2 N–H and O–H groups in total. The molecule has 0 spiro atoms. The van der Waals surface area contributed by atoms with Crippen LogP contribution in [-0.2, 0) is 4.79 Å². The van der Waals surface area contributed by atoms with Crippen molar-refractivity contribution in [2.45, 2.75) is 33.6 Å². The average molecular weight is 167 g/mol. The molecule has 0 aromatic heterocycles. The standard InChI is InChI=1S/C10H17NO/c1-5-6-10(4,9(11)12)7-8(2)3/h1,8H,6-7H2,2-4H3,(H2,11,12). The van der Waals surface area contributed by atoms with Gasteiger partial charge in [-0.2, -0.15) is 0 Å². The number of carbonyl (C=O) groups excluding carboxylic acids is 1. The maximum atomic E-state index is 11.1. The second-order valence-electron chi connectivity index (χ2n) is 3.90. The predicted molar refractivity (Wildman–Crippen MR) is 50.2 cm³/mol. The zero-order valence-corrected chi connectivity index (χ0v) is 8.05. The summed E-state index contributed by atoms with van der Waals surface area (Å²) in [6, 6.07) is 0. The molecule has 0 fully saturated rings. The van der Waals surface area contributed by atoms with Gasteiger partial charge < -0.3 is 5.73 Å². The minimum atomic E-state index is -0.525. The van der Waals surface area contributed by atoms with Crippen molar-refractivity contribution in [1.82, 2.24) is 0 Å². The third-order valence-corrected chi connectivity index (χ3v) is 1.95. The molecule has 2 nitrogen and oxygen atoms in total. The smallest absolute Gasteiger partial charge is 0.224 e. The van der Waals surface area contributed by atoms with Gasteiger partial charge >= 0.3 is 0 Å². The van der Waals surface area contributed by atoms with Gasteiger partial charge in [0, 0.05) is 6.42 Å². The van der Waals surface area contributed by atoms with Crippen LogP contribution in [0.2, 0.25) is 0 Å². The van der Waals surface area contributed by atoms with E-state index in [9.17, 15) is 4.79 Å². The number of carbonyl (C=O) groups is 1. The summed E-state index contributed by atoms with van der Waals surface area (Å²) in [5.41, 5.74) is 4.75. The SMILES string of the molecule is C#CCC(C)(CC(C)C)C(N)=O. The van der Waals surface area contributed by atoms with Crippen LogP contribution in [0.25, 0.3) is 0 Å². The fourth-order valence-corrected chi connectivity index (χ4v) is 1.39. The van der Waals surface area contributed by atoms with E-state index < -0.39 is 5.41 Å².